The van der Waals surface area contributed by atoms with Crippen molar-refractivity contribution in [3.05, 3.63) is 34.8 Å². The van der Waals surface area contributed by atoms with Gasteiger partial charge in [-0.25, -0.2) is 23.1 Å². The average molecular weight is 312 g/mol. The summed E-state index contributed by atoms with van der Waals surface area (Å²) in [4.78, 5) is 9.02. The van der Waals surface area contributed by atoms with Crippen LogP contribution in [0.4, 0.5) is 5.95 Å². The van der Waals surface area contributed by atoms with E-state index in [2.05, 4.69) is 20.0 Å². The standard InChI is InChI=1S/C12H16N4O2S2/c1-9(6-10-4-3-5-19-10)16-20(17,18)11-7-14-12(13-2)15-8-11/h3-5,7-9,16H,6H2,1-2H3,(H,13,14,15). The van der Waals surface area contributed by atoms with E-state index in [1.54, 1.807) is 18.4 Å². The maximum atomic E-state index is 12.2. The molecule has 20 heavy (non-hydrogen) atoms. The van der Waals surface area contributed by atoms with Crippen molar-refractivity contribution in [1.29, 1.82) is 0 Å². The lowest BCUT2D eigenvalue weighted by atomic mass is 10.2. The van der Waals surface area contributed by atoms with Gasteiger partial charge in [-0.3, -0.25) is 0 Å². The van der Waals surface area contributed by atoms with Crippen LogP contribution < -0.4 is 10.0 Å². The third-order valence-electron chi connectivity index (χ3n) is 2.61. The second-order valence-corrected chi connectivity index (χ2v) is 7.04. The zero-order valence-corrected chi connectivity index (χ0v) is 12.8. The molecule has 0 aliphatic rings. The lowest BCUT2D eigenvalue weighted by molar-refractivity contribution is 0.560. The summed E-state index contributed by atoms with van der Waals surface area (Å²) in [6, 6.07) is 3.74. The SMILES string of the molecule is CNc1ncc(S(=O)(=O)NC(C)Cc2cccs2)cn1. The van der Waals surface area contributed by atoms with E-state index in [4.69, 9.17) is 0 Å². The first-order chi connectivity index (χ1) is 9.51. The van der Waals surface area contributed by atoms with Crippen molar-refractivity contribution in [2.24, 2.45) is 0 Å². The third kappa shape index (κ3) is 3.75. The summed E-state index contributed by atoms with van der Waals surface area (Å²) in [6.07, 6.45) is 3.24. The summed E-state index contributed by atoms with van der Waals surface area (Å²) in [5, 5.41) is 4.71. The summed E-state index contributed by atoms with van der Waals surface area (Å²) < 4.78 is 27.0. The molecule has 6 nitrogen and oxygen atoms in total. The molecule has 8 heteroatoms. The number of hydrogen-bond acceptors (Lipinski definition) is 6. The minimum absolute atomic E-state index is 0.0644. The quantitative estimate of drug-likeness (QED) is 0.844. The average Bonchev–Trinajstić information content (AvgIpc) is 2.91. The van der Waals surface area contributed by atoms with Crippen molar-refractivity contribution in [1.82, 2.24) is 14.7 Å². The normalized spacial score (nSPS) is 13.1. The number of thiophene rings is 1. The molecule has 0 aliphatic carbocycles. The van der Waals surface area contributed by atoms with Crippen LogP contribution in [0.15, 0.2) is 34.8 Å². The van der Waals surface area contributed by atoms with Crippen LogP contribution in [0.3, 0.4) is 0 Å². The second kappa shape index (κ2) is 6.29. The molecule has 0 aliphatic heterocycles. The summed E-state index contributed by atoms with van der Waals surface area (Å²) in [6.45, 7) is 1.83. The van der Waals surface area contributed by atoms with Crippen LogP contribution in [0.1, 0.15) is 11.8 Å². The van der Waals surface area contributed by atoms with E-state index in [0.29, 0.717) is 12.4 Å². The highest BCUT2D eigenvalue weighted by Gasteiger charge is 2.18. The van der Waals surface area contributed by atoms with E-state index in [1.807, 2.05) is 24.4 Å². The highest BCUT2D eigenvalue weighted by molar-refractivity contribution is 7.89. The lowest BCUT2D eigenvalue weighted by Crippen LogP contribution is -2.34. The molecule has 2 N–H and O–H groups in total. The first kappa shape index (κ1) is 14.9. The zero-order chi connectivity index (χ0) is 14.6. The van der Waals surface area contributed by atoms with Crippen molar-refractivity contribution in [3.63, 3.8) is 0 Å². The summed E-state index contributed by atoms with van der Waals surface area (Å²) in [7, 11) is -1.91. The molecule has 0 aromatic carbocycles. The van der Waals surface area contributed by atoms with E-state index < -0.39 is 10.0 Å². The molecule has 0 saturated carbocycles. The van der Waals surface area contributed by atoms with Gasteiger partial charge in [-0.15, -0.1) is 11.3 Å². The molecular weight excluding hydrogens is 296 g/mol. The first-order valence-electron chi connectivity index (χ1n) is 6.06. The van der Waals surface area contributed by atoms with Gasteiger partial charge < -0.3 is 5.32 Å². The lowest BCUT2D eigenvalue weighted by Gasteiger charge is -2.13. The number of rotatable bonds is 6. The number of aromatic nitrogens is 2. The van der Waals surface area contributed by atoms with Crippen LogP contribution in [0, 0.1) is 0 Å². The molecule has 2 aromatic rings. The van der Waals surface area contributed by atoms with Gasteiger partial charge in [-0.05, 0) is 24.8 Å². The molecule has 0 radical (unpaired) electrons. The van der Waals surface area contributed by atoms with Crippen molar-refractivity contribution in [2.45, 2.75) is 24.3 Å². The molecule has 0 spiro atoms. The zero-order valence-electron chi connectivity index (χ0n) is 11.2. The second-order valence-electron chi connectivity index (χ2n) is 4.30. The van der Waals surface area contributed by atoms with Gasteiger partial charge in [0.1, 0.15) is 4.90 Å². The van der Waals surface area contributed by atoms with Gasteiger partial charge in [0.25, 0.3) is 0 Å². The van der Waals surface area contributed by atoms with Crippen LogP contribution in [0.2, 0.25) is 0 Å². The van der Waals surface area contributed by atoms with Gasteiger partial charge in [-0.1, -0.05) is 6.07 Å². The molecule has 2 heterocycles. The van der Waals surface area contributed by atoms with Crippen LogP contribution in [-0.2, 0) is 16.4 Å². The van der Waals surface area contributed by atoms with Gasteiger partial charge in [0.15, 0.2) is 0 Å². The Morgan fingerprint density at radius 2 is 2.05 bits per heavy atom. The van der Waals surface area contributed by atoms with E-state index >= 15 is 0 Å². The maximum Gasteiger partial charge on any atom is 0.243 e. The van der Waals surface area contributed by atoms with Gasteiger partial charge in [0, 0.05) is 18.0 Å². The Balaban J connectivity index is 2.05. The minimum Gasteiger partial charge on any atom is -0.357 e. The molecule has 2 aromatic heterocycles. The monoisotopic (exact) mass is 312 g/mol. The minimum atomic E-state index is -3.59. The Hall–Kier alpha value is -1.51. The number of nitrogens with one attached hydrogen (secondary N) is 2. The maximum absolute atomic E-state index is 12.2. The molecule has 1 atom stereocenters. The van der Waals surface area contributed by atoms with Crippen molar-refractivity contribution in [3.8, 4) is 0 Å². The number of nitrogens with zero attached hydrogens (tertiary/aromatic N) is 2. The predicted molar refractivity (Wildman–Crippen MR) is 79.4 cm³/mol. The molecule has 0 fully saturated rings. The molecule has 108 valence electrons. The van der Waals surface area contributed by atoms with Crippen molar-refractivity contribution >= 4 is 27.3 Å². The first-order valence-corrected chi connectivity index (χ1v) is 8.42. The molecule has 1 unspecified atom stereocenters. The summed E-state index contributed by atoms with van der Waals surface area (Å²) in [5.74, 6) is 0.385. The Morgan fingerprint density at radius 1 is 1.35 bits per heavy atom. The van der Waals surface area contributed by atoms with Crippen LogP contribution >= 0.6 is 11.3 Å². The Bertz CT molecular complexity index is 639. The van der Waals surface area contributed by atoms with E-state index in [9.17, 15) is 8.42 Å². The molecule has 0 amide bonds. The van der Waals surface area contributed by atoms with Crippen LogP contribution in [0.5, 0.6) is 0 Å². The Labute approximate surface area is 122 Å². The molecular formula is C12H16N4O2S2. The molecule has 2 rings (SSSR count). The summed E-state index contributed by atoms with van der Waals surface area (Å²) in [5.41, 5.74) is 0. The highest BCUT2D eigenvalue weighted by atomic mass is 32.2. The number of anilines is 1. The van der Waals surface area contributed by atoms with Crippen molar-refractivity contribution in [2.75, 3.05) is 12.4 Å². The van der Waals surface area contributed by atoms with Crippen LogP contribution in [-0.4, -0.2) is 31.5 Å². The third-order valence-corrected chi connectivity index (χ3v) is 5.05. The van der Waals surface area contributed by atoms with E-state index in [1.165, 1.54) is 12.4 Å². The van der Waals surface area contributed by atoms with E-state index in [0.717, 1.165) is 4.88 Å². The van der Waals surface area contributed by atoms with Gasteiger partial charge in [-0.2, -0.15) is 0 Å². The fraction of sp³-hybridized carbons (Fsp3) is 0.333. The van der Waals surface area contributed by atoms with Crippen molar-refractivity contribution < 1.29 is 8.42 Å². The Morgan fingerprint density at radius 3 is 2.60 bits per heavy atom. The predicted octanol–water partition coefficient (Wildman–Crippen LogP) is 1.49. The topological polar surface area (TPSA) is 84.0 Å². The van der Waals surface area contributed by atoms with Gasteiger partial charge in [0.05, 0.1) is 12.4 Å². The smallest absolute Gasteiger partial charge is 0.243 e. The van der Waals surface area contributed by atoms with Gasteiger partial charge >= 0.3 is 0 Å². The highest BCUT2D eigenvalue weighted by Crippen LogP contribution is 2.13. The van der Waals surface area contributed by atoms with Gasteiger partial charge in [0.2, 0.25) is 16.0 Å². The molecule has 0 bridgehead atoms. The largest absolute Gasteiger partial charge is 0.357 e. The summed E-state index contributed by atoms with van der Waals surface area (Å²) >= 11 is 1.61. The Kier molecular flexibility index (Phi) is 4.69. The van der Waals surface area contributed by atoms with E-state index in [-0.39, 0.29) is 10.9 Å². The molecule has 0 saturated heterocycles. The fourth-order valence-electron chi connectivity index (χ4n) is 1.69. The number of sulfonamides is 1. The fourth-order valence-corrected chi connectivity index (χ4v) is 3.66. The number of hydrogen-bond donors (Lipinski definition) is 2. The van der Waals surface area contributed by atoms with Crippen LogP contribution in [0.25, 0.3) is 0 Å².